The molecule has 1 aliphatic heterocycles. The summed E-state index contributed by atoms with van der Waals surface area (Å²) in [7, 11) is 0. The van der Waals surface area contributed by atoms with E-state index in [1.165, 1.54) is 29.5 Å². The van der Waals surface area contributed by atoms with E-state index in [0.29, 0.717) is 0 Å². The summed E-state index contributed by atoms with van der Waals surface area (Å²) in [6, 6.07) is 7.31. The van der Waals surface area contributed by atoms with Gasteiger partial charge in [0.25, 0.3) is 11.1 Å². The molecule has 3 rings (SSSR count). The first-order chi connectivity index (χ1) is 11.9. The Morgan fingerprint density at radius 2 is 2.12 bits per heavy atom. The van der Waals surface area contributed by atoms with E-state index in [0.717, 1.165) is 33.2 Å². The lowest BCUT2D eigenvalue weighted by molar-refractivity contribution is -0.127. The molecule has 0 bridgehead atoms. The summed E-state index contributed by atoms with van der Waals surface area (Å²) >= 11 is 2.28. The van der Waals surface area contributed by atoms with Crippen LogP contribution in [0.5, 0.6) is 0 Å². The highest BCUT2D eigenvalue weighted by Crippen LogP contribution is 2.33. The molecule has 1 fully saturated rings. The van der Waals surface area contributed by atoms with E-state index in [1.54, 1.807) is 6.08 Å². The predicted molar refractivity (Wildman–Crippen MR) is 96.8 cm³/mol. The van der Waals surface area contributed by atoms with Crippen LogP contribution in [0.1, 0.15) is 10.4 Å². The Kier molecular flexibility index (Phi) is 5.00. The predicted octanol–water partition coefficient (Wildman–Crippen LogP) is 3.87. The molecule has 3 amide bonds. The van der Waals surface area contributed by atoms with Crippen LogP contribution in [0.25, 0.3) is 6.08 Å². The molecule has 1 saturated heterocycles. The molecule has 0 unspecified atom stereocenters. The minimum absolute atomic E-state index is 0.265. The number of benzene rings is 1. The van der Waals surface area contributed by atoms with Gasteiger partial charge in [0.15, 0.2) is 0 Å². The molecule has 2 aromatic rings. The zero-order valence-corrected chi connectivity index (χ0v) is 14.7. The summed E-state index contributed by atoms with van der Waals surface area (Å²) in [6.45, 7) is 1.50. The van der Waals surface area contributed by atoms with Gasteiger partial charge < -0.3 is 5.32 Å². The maximum absolute atomic E-state index is 13.1. The number of amides is 3. The summed E-state index contributed by atoms with van der Waals surface area (Å²) in [6.07, 6.45) is 1.66. The number of nitrogens with zero attached hydrogens (tertiary/aromatic N) is 1. The maximum atomic E-state index is 13.1. The van der Waals surface area contributed by atoms with E-state index in [-0.39, 0.29) is 10.6 Å². The third-order valence-electron chi connectivity index (χ3n) is 3.45. The molecule has 1 aromatic carbocycles. The van der Waals surface area contributed by atoms with Gasteiger partial charge in [-0.15, -0.1) is 11.3 Å². The van der Waals surface area contributed by atoms with Crippen molar-refractivity contribution in [1.29, 1.82) is 0 Å². The van der Waals surface area contributed by atoms with Gasteiger partial charge in [0, 0.05) is 10.6 Å². The van der Waals surface area contributed by atoms with E-state index < -0.39 is 29.4 Å². The average Bonchev–Trinajstić information content (AvgIpc) is 3.06. The fraction of sp³-hybridized carbons (Fsp3) is 0.118. The number of carbonyl (C=O) groups excluding carboxylic acids is 3. The van der Waals surface area contributed by atoms with Gasteiger partial charge in [-0.3, -0.25) is 19.3 Å². The first-order valence-electron chi connectivity index (χ1n) is 7.29. The van der Waals surface area contributed by atoms with Crippen LogP contribution >= 0.6 is 23.1 Å². The topological polar surface area (TPSA) is 66.5 Å². The van der Waals surface area contributed by atoms with Gasteiger partial charge in [-0.25, -0.2) is 4.39 Å². The molecule has 128 valence electrons. The molecular formula is C17H13FN2O3S2. The number of rotatable bonds is 4. The van der Waals surface area contributed by atoms with E-state index >= 15 is 0 Å². The molecule has 0 aliphatic carbocycles. The van der Waals surface area contributed by atoms with Crippen molar-refractivity contribution in [1.82, 2.24) is 4.90 Å². The van der Waals surface area contributed by atoms with Crippen molar-refractivity contribution in [2.45, 2.75) is 6.92 Å². The lowest BCUT2D eigenvalue weighted by atomic mass is 10.2. The van der Waals surface area contributed by atoms with Crippen molar-refractivity contribution in [3.63, 3.8) is 0 Å². The fourth-order valence-corrected chi connectivity index (χ4v) is 3.95. The van der Waals surface area contributed by atoms with Crippen molar-refractivity contribution >= 4 is 51.9 Å². The zero-order valence-electron chi connectivity index (χ0n) is 13.1. The number of thiophene rings is 1. The van der Waals surface area contributed by atoms with Gasteiger partial charge in [-0.2, -0.15) is 0 Å². The normalized spacial score (nSPS) is 15.9. The van der Waals surface area contributed by atoms with Crippen LogP contribution in [0.15, 0.2) is 40.6 Å². The number of carbonyl (C=O) groups is 3. The zero-order chi connectivity index (χ0) is 18.0. The molecule has 0 atom stereocenters. The molecular weight excluding hydrogens is 363 g/mol. The number of hydrogen-bond acceptors (Lipinski definition) is 5. The number of thioether (sulfide) groups is 1. The third kappa shape index (κ3) is 3.97. The van der Waals surface area contributed by atoms with Crippen molar-refractivity contribution in [2.24, 2.45) is 0 Å². The third-order valence-corrected chi connectivity index (χ3v) is 5.32. The number of imide groups is 1. The van der Waals surface area contributed by atoms with Gasteiger partial charge in [0.2, 0.25) is 5.91 Å². The number of halogens is 1. The fourth-order valence-electron chi connectivity index (χ4n) is 2.20. The second kappa shape index (κ2) is 7.20. The molecule has 0 saturated carbocycles. The van der Waals surface area contributed by atoms with Crippen molar-refractivity contribution in [3.05, 3.63) is 56.9 Å². The molecule has 25 heavy (non-hydrogen) atoms. The number of hydrogen-bond donors (Lipinski definition) is 1. The Morgan fingerprint density at radius 1 is 1.32 bits per heavy atom. The second-order valence-electron chi connectivity index (χ2n) is 5.29. The average molecular weight is 376 g/mol. The Labute approximate surface area is 151 Å². The Bertz CT molecular complexity index is 892. The second-order valence-corrected chi connectivity index (χ2v) is 7.24. The van der Waals surface area contributed by atoms with Crippen LogP contribution in [0.3, 0.4) is 0 Å². The molecule has 1 aliphatic rings. The van der Waals surface area contributed by atoms with Gasteiger partial charge in [0.1, 0.15) is 12.4 Å². The summed E-state index contributed by atoms with van der Waals surface area (Å²) in [4.78, 5) is 38.5. The SMILES string of the molecule is Cc1ccsc1/C=C1/SC(=O)N(CC(=O)Nc2cccc(F)c2)C1=O. The molecule has 1 N–H and O–H groups in total. The number of nitrogens with one attached hydrogen (secondary N) is 1. The van der Waals surface area contributed by atoms with Gasteiger partial charge in [-0.1, -0.05) is 6.07 Å². The van der Waals surface area contributed by atoms with E-state index in [2.05, 4.69) is 5.32 Å². The van der Waals surface area contributed by atoms with Crippen LogP contribution in [0.4, 0.5) is 14.9 Å². The van der Waals surface area contributed by atoms with Crippen LogP contribution in [0.2, 0.25) is 0 Å². The number of aryl methyl sites for hydroxylation is 1. The molecule has 1 aromatic heterocycles. The smallest absolute Gasteiger partial charge is 0.294 e. The number of anilines is 1. The van der Waals surface area contributed by atoms with Crippen LogP contribution in [0, 0.1) is 12.7 Å². The molecule has 0 spiro atoms. The lowest BCUT2D eigenvalue weighted by Gasteiger charge is -2.12. The highest BCUT2D eigenvalue weighted by Gasteiger charge is 2.36. The Hall–Kier alpha value is -2.45. The van der Waals surface area contributed by atoms with Gasteiger partial charge >= 0.3 is 0 Å². The summed E-state index contributed by atoms with van der Waals surface area (Å²) < 4.78 is 13.1. The standard InChI is InChI=1S/C17H13FN2O3S2/c1-10-5-6-24-13(10)8-14-16(22)20(17(23)25-14)9-15(21)19-12-4-2-3-11(18)7-12/h2-8H,9H2,1H3,(H,19,21)/b14-8+. The summed E-state index contributed by atoms with van der Waals surface area (Å²) in [5.41, 5.74) is 1.28. The summed E-state index contributed by atoms with van der Waals surface area (Å²) in [5.74, 6) is -1.56. The van der Waals surface area contributed by atoms with Crippen LogP contribution < -0.4 is 5.32 Å². The first-order valence-corrected chi connectivity index (χ1v) is 8.98. The van der Waals surface area contributed by atoms with E-state index in [1.807, 2.05) is 18.4 Å². The van der Waals surface area contributed by atoms with Crippen molar-refractivity contribution in [3.8, 4) is 0 Å². The van der Waals surface area contributed by atoms with Crippen molar-refractivity contribution in [2.75, 3.05) is 11.9 Å². The van der Waals surface area contributed by atoms with E-state index in [4.69, 9.17) is 0 Å². The largest absolute Gasteiger partial charge is 0.324 e. The Morgan fingerprint density at radius 3 is 2.80 bits per heavy atom. The Balaban J connectivity index is 1.69. The van der Waals surface area contributed by atoms with Crippen LogP contribution in [-0.4, -0.2) is 28.5 Å². The monoisotopic (exact) mass is 376 g/mol. The van der Waals surface area contributed by atoms with Gasteiger partial charge in [0.05, 0.1) is 4.91 Å². The molecule has 0 radical (unpaired) electrons. The highest BCUT2D eigenvalue weighted by atomic mass is 32.2. The highest BCUT2D eigenvalue weighted by molar-refractivity contribution is 8.18. The molecule has 2 heterocycles. The first kappa shape index (κ1) is 17.4. The van der Waals surface area contributed by atoms with Crippen LogP contribution in [-0.2, 0) is 9.59 Å². The molecule has 8 heteroatoms. The van der Waals surface area contributed by atoms with Gasteiger partial charge in [-0.05, 0) is 60.0 Å². The van der Waals surface area contributed by atoms with Crippen molar-refractivity contribution < 1.29 is 18.8 Å². The summed E-state index contributed by atoms with van der Waals surface area (Å²) in [5, 5.41) is 3.87. The lowest BCUT2D eigenvalue weighted by Crippen LogP contribution is -2.36. The minimum Gasteiger partial charge on any atom is -0.324 e. The maximum Gasteiger partial charge on any atom is 0.294 e. The minimum atomic E-state index is -0.568. The van der Waals surface area contributed by atoms with E-state index in [9.17, 15) is 18.8 Å². The quantitative estimate of drug-likeness (QED) is 0.823. The molecule has 5 nitrogen and oxygen atoms in total.